The van der Waals surface area contributed by atoms with Crippen LogP contribution in [0.1, 0.15) is 22.3 Å². The molecule has 0 aliphatic heterocycles. The van der Waals surface area contributed by atoms with Crippen molar-refractivity contribution >= 4 is 27.0 Å². The van der Waals surface area contributed by atoms with Crippen LogP contribution < -0.4 is 10.1 Å². The number of aliphatic carboxylic acids is 1. The molecule has 0 radical (unpaired) electrons. The molecule has 0 saturated heterocycles. The molecule has 0 bridgehead atoms. The zero-order chi connectivity index (χ0) is 23.2. The van der Waals surface area contributed by atoms with E-state index in [0.717, 1.165) is 39.7 Å². The molecule has 3 aromatic rings. The molecule has 1 amide bonds. The maximum atomic E-state index is 12.3. The number of carboxylic acid groups (broad SMARTS) is 1. The topological polar surface area (TPSA) is 84.9 Å². The molecule has 0 spiro atoms. The molecule has 1 aliphatic carbocycles. The minimum absolute atomic E-state index is 0.0109. The van der Waals surface area contributed by atoms with Gasteiger partial charge in [0.1, 0.15) is 0 Å². The van der Waals surface area contributed by atoms with Gasteiger partial charge in [-0.1, -0.05) is 0 Å². The molecule has 0 saturated carbocycles. The molecule has 0 unspecified atom stereocenters. The van der Waals surface area contributed by atoms with E-state index in [9.17, 15) is 14.7 Å². The van der Waals surface area contributed by atoms with Crippen LogP contribution in [0.15, 0.2) is 66.7 Å². The zero-order valence-corrected chi connectivity index (χ0v) is 20.0. The van der Waals surface area contributed by atoms with Crippen LogP contribution in [-0.2, 0) is 27.9 Å². The molecule has 2 N–H and O–H groups in total. The SMILES string of the molecule is COc1ccc(C[Se]C[C@H](NC(=O)OCc2cccc3c2Cc2ccccc2-3)C(=O)O)cc1. The number of fused-ring (bicyclic) bond motifs is 3. The van der Waals surface area contributed by atoms with Crippen molar-refractivity contribution in [3.8, 4) is 16.9 Å². The summed E-state index contributed by atoms with van der Waals surface area (Å²) in [4.78, 5) is 24.0. The Morgan fingerprint density at radius 3 is 2.55 bits per heavy atom. The predicted molar refractivity (Wildman–Crippen MR) is 127 cm³/mol. The van der Waals surface area contributed by atoms with Crippen molar-refractivity contribution in [3.63, 3.8) is 0 Å². The molecule has 33 heavy (non-hydrogen) atoms. The van der Waals surface area contributed by atoms with E-state index in [4.69, 9.17) is 9.47 Å². The van der Waals surface area contributed by atoms with E-state index >= 15 is 0 Å². The first-order chi connectivity index (χ1) is 16.0. The van der Waals surface area contributed by atoms with E-state index in [-0.39, 0.29) is 21.6 Å². The number of carbonyl (C=O) groups excluding carboxylic acids is 1. The number of ether oxygens (including phenoxy) is 2. The molecule has 3 aromatic carbocycles. The van der Waals surface area contributed by atoms with Gasteiger partial charge in [0.25, 0.3) is 0 Å². The fourth-order valence-electron chi connectivity index (χ4n) is 3.88. The van der Waals surface area contributed by atoms with Gasteiger partial charge >= 0.3 is 199 Å². The summed E-state index contributed by atoms with van der Waals surface area (Å²) in [5.74, 6) is -0.272. The van der Waals surface area contributed by atoms with Crippen molar-refractivity contribution in [3.05, 3.63) is 89.0 Å². The van der Waals surface area contributed by atoms with E-state index in [1.807, 2.05) is 48.5 Å². The number of nitrogens with one attached hydrogen (secondary N) is 1. The van der Waals surface area contributed by atoms with Crippen molar-refractivity contribution in [2.75, 3.05) is 7.11 Å². The normalized spacial score (nSPS) is 12.4. The summed E-state index contributed by atoms with van der Waals surface area (Å²) in [6, 6.07) is 21.0. The number of amides is 1. The van der Waals surface area contributed by atoms with Gasteiger partial charge in [0.2, 0.25) is 0 Å². The summed E-state index contributed by atoms with van der Waals surface area (Å²) >= 11 is 0.0109. The van der Waals surface area contributed by atoms with Crippen LogP contribution in [0, 0.1) is 0 Å². The first kappa shape index (κ1) is 22.9. The minimum atomic E-state index is -1.06. The number of benzene rings is 3. The molecule has 170 valence electrons. The van der Waals surface area contributed by atoms with E-state index in [1.54, 1.807) is 7.11 Å². The van der Waals surface area contributed by atoms with Gasteiger partial charge in [-0.15, -0.1) is 0 Å². The van der Waals surface area contributed by atoms with Crippen LogP contribution in [0.4, 0.5) is 4.79 Å². The molecule has 0 fully saturated rings. The molecule has 7 heteroatoms. The van der Waals surface area contributed by atoms with Crippen molar-refractivity contribution in [1.82, 2.24) is 5.32 Å². The van der Waals surface area contributed by atoms with Gasteiger partial charge in [-0.05, 0) is 0 Å². The first-order valence-corrected chi connectivity index (χ1v) is 13.0. The predicted octanol–water partition coefficient (Wildman–Crippen LogP) is 4.27. The van der Waals surface area contributed by atoms with Gasteiger partial charge in [0.05, 0.1) is 0 Å². The number of hydrogen-bond acceptors (Lipinski definition) is 4. The second kappa shape index (κ2) is 10.6. The van der Waals surface area contributed by atoms with Gasteiger partial charge in [0.15, 0.2) is 0 Å². The molecule has 6 nitrogen and oxygen atoms in total. The molecular formula is C26H25NO5Se. The van der Waals surface area contributed by atoms with Crippen molar-refractivity contribution in [1.29, 1.82) is 0 Å². The van der Waals surface area contributed by atoms with Crippen molar-refractivity contribution in [2.24, 2.45) is 0 Å². The summed E-state index contributed by atoms with van der Waals surface area (Å²) in [6.45, 7) is 0.103. The van der Waals surface area contributed by atoms with E-state index in [2.05, 4.69) is 23.5 Å². The van der Waals surface area contributed by atoms with Crippen molar-refractivity contribution < 1.29 is 24.2 Å². The average molecular weight is 510 g/mol. The molecule has 1 aliphatic rings. The first-order valence-electron chi connectivity index (χ1n) is 10.6. The standard InChI is InChI=1S/C26H25NO5Se/c1-31-20-11-9-17(10-12-20)15-33-16-24(25(28)29)27-26(30)32-14-19-6-4-8-22-21-7-3-2-5-18(21)13-23(19)22/h2-12,24H,13-16H2,1H3,(H,27,30)(H,28,29)/t24-/m0/s1. The number of rotatable bonds is 9. The van der Waals surface area contributed by atoms with Crippen LogP contribution >= 0.6 is 0 Å². The van der Waals surface area contributed by atoms with Crippen LogP contribution in [0.3, 0.4) is 0 Å². The Morgan fingerprint density at radius 2 is 1.79 bits per heavy atom. The molecular weight excluding hydrogens is 485 g/mol. The molecule has 0 heterocycles. The number of carbonyl (C=O) groups is 2. The number of carboxylic acids is 1. The third kappa shape index (κ3) is 5.56. The second-order valence-corrected chi connectivity index (χ2v) is 9.91. The van der Waals surface area contributed by atoms with Gasteiger partial charge in [-0.3, -0.25) is 0 Å². The average Bonchev–Trinajstić information content (AvgIpc) is 3.22. The van der Waals surface area contributed by atoms with Gasteiger partial charge in [-0.25, -0.2) is 0 Å². The van der Waals surface area contributed by atoms with Crippen LogP contribution in [0.2, 0.25) is 5.32 Å². The Labute approximate surface area is 199 Å². The Kier molecular flexibility index (Phi) is 7.33. The Bertz CT molecular complexity index is 1150. The summed E-state index contributed by atoms with van der Waals surface area (Å²) in [7, 11) is 1.62. The Balaban J connectivity index is 1.30. The summed E-state index contributed by atoms with van der Waals surface area (Å²) in [5.41, 5.74) is 6.84. The number of hydrogen-bond donors (Lipinski definition) is 2. The third-order valence-corrected chi connectivity index (χ3v) is 7.93. The van der Waals surface area contributed by atoms with E-state index in [0.29, 0.717) is 5.32 Å². The second-order valence-electron chi connectivity index (χ2n) is 7.75. The van der Waals surface area contributed by atoms with Gasteiger partial charge in [-0.2, -0.15) is 0 Å². The summed E-state index contributed by atoms with van der Waals surface area (Å²) in [6.07, 6.45) is 0.0916. The fourth-order valence-corrected chi connectivity index (χ4v) is 5.99. The van der Waals surface area contributed by atoms with Gasteiger partial charge < -0.3 is 0 Å². The monoisotopic (exact) mass is 511 g/mol. The van der Waals surface area contributed by atoms with Crippen LogP contribution in [0.25, 0.3) is 11.1 Å². The Hall–Kier alpha value is -3.28. The van der Waals surface area contributed by atoms with Crippen molar-refractivity contribution in [2.45, 2.75) is 29.7 Å². The van der Waals surface area contributed by atoms with Gasteiger partial charge in [0, 0.05) is 0 Å². The fraction of sp³-hybridized carbons (Fsp3) is 0.231. The van der Waals surface area contributed by atoms with Crippen LogP contribution in [0.5, 0.6) is 5.75 Å². The van der Waals surface area contributed by atoms with E-state index < -0.39 is 18.1 Å². The van der Waals surface area contributed by atoms with E-state index in [1.165, 1.54) is 11.1 Å². The number of methoxy groups -OCH3 is 1. The molecule has 0 aromatic heterocycles. The Morgan fingerprint density at radius 1 is 1.03 bits per heavy atom. The number of alkyl carbamates (subject to hydrolysis) is 1. The summed E-state index contributed by atoms with van der Waals surface area (Å²) < 4.78 is 10.6. The summed E-state index contributed by atoms with van der Waals surface area (Å²) in [5, 5.41) is 13.2. The quantitative estimate of drug-likeness (QED) is 0.329. The maximum absolute atomic E-state index is 12.3. The molecule has 1 atom stereocenters. The zero-order valence-electron chi connectivity index (χ0n) is 18.2. The van der Waals surface area contributed by atoms with Crippen LogP contribution in [-0.4, -0.2) is 45.3 Å². The molecule has 4 rings (SSSR count). The third-order valence-electron chi connectivity index (χ3n) is 5.61.